The Morgan fingerprint density at radius 3 is 2.86 bits per heavy atom. The monoisotopic (exact) mass is 443 g/mol. The number of rotatable bonds is 3. The molecule has 0 radical (unpaired) electrons. The van der Waals surface area contributed by atoms with E-state index in [1.807, 2.05) is 25.1 Å². The van der Waals surface area contributed by atoms with Gasteiger partial charge in [-0.2, -0.15) is 0 Å². The Bertz CT molecular complexity index is 993. The second-order valence-electron chi connectivity index (χ2n) is 6.83. The van der Waals surface area contributed by atoms with Crippen LogP contribution in [0, 0.1) is 6.92 Å². The lowest BCUT2D eigenvalue weighted by atomic mass is 9.84. The molecule has 1 atom stereocenters. The fourth-order valence-electron chi connectivity index (χ4n) is 3.58. The van der Waals surface area contributed by atoms with Crippen LogP contribution < -0.4 is 15.4 Å². The molecule has 0 saturated carbocycles. The van der Waals surface area contributed by atoms with Gasteiger partial charge in [0.05, 0.1) is 6.61 Å². The van der Waals surface area contributed by atoms with Gasteiger partial charge in [0.25, 0.3) is 5.91 Å². The Labute approximate surface area is 170 Å². The topological polar surface area (TPSA) is 87.7 Å². The summed E-state index contributed by atoms with van der Waals surface area (Å²) in [6, 6.07) is 11.9. The summed E-state index contributed by atoms with van der Waals surface area (Å²) >= 11 is 3.41. The third-order valence-corrected chi connectivity index (χ3v) is 5.89. The number of anilines is 1. The predicted octanol–water partition coefficient (Wildman–Crippen LogP) is 2.93. The first-order valence-electron chi connectivity index (χ1n) is 8.83. The van der Waals surface area contributed by atoms with Crippen molar-refractivity contribution in [2.75, 3.05) is 18.5 Å². The van der Waals surface area contributed by atoms with E-state index in [0.29, 0.717) is 30.0 Å². The van der Waals surface area contributed by atoms with Gasteiger partial charge in [0, 0.05) is 22.1 Å². The van der Waals surface area contributed by atoms with Crippen LogP contribution in [0.4, 0.5) is 10.5 Å². The number of carbonyl (C=O) groups excluding carboxylic acids is 3. The van der Waals surface area contributed by atoms with E-state index in [1.165, 1.54) is 0 Å². The zero-order valence-electron chi connectivity index (χ0n) is 15.1. The average Bonchev–Trinajstić information content (AvgIpc) is 2.90. The predicted molar refractivity (Wildman–Crippen MR) is 106 cm³/mol. The van der Waals surface area contributed by atoms with Gasteiger partial charge >= 0.3 is 6.03 Å². The first-order chi connectivity index (χ1) is 13.4. The van der Waals surface area contributed by atoms with E-state index >= 15 is 0 Å². The number of ether oxygens (including phenoxy) is 1. The highest BCUT2D eigenvalue weighted by Gasteiger charge is 2.55. The number of hydrogen-bond acceptors (Lipinski definition) is 4. The van der Waals surface area contributed by atoms with Gasteiger partial charge in [0.1, 0.15) is 12.3 Å². The maximum absolute atomic E-state index is 13.1. The van der Waals surface area contributed by atoms with Crippen LogP contribution in [0.15, 0.2) is 46.9 Å². The zero-order chi connectivity index (χ0) is 19.9. The van der Waals surface area contributed by atoms with Crippen LogP contribution in [0.1, 0.15) is 17.5 Å². The van der Waals surface area contributed by atoms with Crippen LogP contribution in [0.5, 0.6) is 5.75 Å². The van der Waals surface area contributed by atoms with Gasteiger partial charge in [0.15, 0.2) is 5.54 Å². The van der Waals surface area contributed by atoms with Gasteiger partial charge in [-0.1, -0.05) is 34.1 Å². The number of hydrogen-bond donors (Lipinski definition) is 2. The summed E-state index contributed by atoms with van der Waals surface area (Å²) in [5, 5.41) is 5.51. The molecule has 7 nitrogen and oxygen atoms in total. The maximum atomic E-state index is 13.1. The van der Waals surface area contributed by atoms with Crippen molar-refractivity contribution in [3.63, 3.8) is 0 Å². The van der Waals surface area contributed by atoms with Crippen molar-refractivity contribution in [3.05, 3.63) is 58.1 Å². The van der Waals surface area contributed by atoms with E-state index in [4.69, 9.17) is 4.74 Å². The Kier molecular flexibility index (Phi) is 4.58. The Balaban J connectivity index is 1.54. The molecule has 2 heterocycles. The standard InChI is InChI=1S/C20H18BrN3O4/c1-12-10-13(6-7-15(12)21)22-17(25)11-24-18(26)20(23-19(24)27)8-9-28-16-5-3-2-4-14(16)20/h2-7,10H,8-9,11H2,1H3,(H,22,25)(H,23,27)/t20-/m0/s1. The first-order valence-corrected chi connectivity index (χ1v) is 9.62. The molecule has 28 heavy (non-hydrogen) atoms. The molecular formula is C20H18BrN3O4. The van der Waals surface area contributed by atoms with Gasteiger partial charge in [-0.15, -0.1) is 0 Å². The minimum Gasteiger partial charge on any atom is -0.493 e. The molecule has 1 saturated heterocycles. The third-order valence-electron chi connectivity index (χ3n) is 5.00. The van der Waals surface area contributed by atoms with Crippen molar-refractivity contribution >= 4 is 39.5 Å². The number of fused-ring (bicyclic) bond motifs is 2. The summed E-state index contributed by atoms with van der Waals surface area (Å²) in [6.07, 6.45) is 0.318. The Hall–Kier alpha value is -2.87. The lowest BCUT2D eigenvalue weighted by molar-refractivity contribution is -0.135. The van der Waals surface area contributed by atoms with Gasteiger partial charge in [0.2, 0.25) is 5.91 Å². The van der Waals surface area contributed by atoms with E-state index in [9.17, 15) is 14.4 Å². The largest absolute Gasteiger partial charge is 0.493 e. The molecule has 8 heteroatoms. The maximum Gasteiger partial charge on any atom is 0.325 e. The number of para-hydroxylation sites is 1. The van der Waals surface area contributed by atoms with Crippen molar-refractivity contribution < 1.29 is 19.1 Å². The Morgan fingerprint density at radius 1 is 1.29 bits per heavy atom. The Morgan fingerprint density at radius 2 is 2.07 bits per heavy atom. The van der Waals surface area contributed by atoms with Gasteiger partial charge in [-0.05, 0) is 36.8 Å². The van der Waals surface area contributed by atoms with Crippen LogP contribution in [0.25, 0.3) is 0 Å². The molecular weight excluding hydrogens is 426 g/mol. The number of nitrogens with zero attached hydrogens (tertiary/aromatic N) is 1. The normalized spacial score (nSPS) is 20.6. The fraction of sp³-hybridized carbons (Fsp3) is 0.250. The summed E-state index contributed by atoms with van der Waals surface area (Å²) in [5.74, 6) is -0.308. The van der Waals surface area contributed by atoms with Crippen LogP contribution >= 0.6 is 15.9 Å². The second-order valence-corrected chi connectivity index (χ2v) is 7.69. The number of aryl methyl sites for hydroxylation is 1. The summed E-state index contributed by atoms with van der Waals surface area (Å²) in [5.41, 5.74) is 1.00. The lowest BCUT2D eigenvalue weighted by Gasteiger charge is -2.33. The molecule has 4 rings (SSSR count). The van der Waals surface area contributed by atoms with Crippen LogP contribution in [0.3, 0.4) is 0 Å². The van der Waals surface area contributed by atoms with Crippen LogP contribution in [-0.4, -0.2) is 35.9 Å². The highest BCUT2D eigenvalue weighted by molar-refractivity contribution is 9.10. The molecule has 1 fully saturated rings. The summed E-state index contributed by atoms with van der Waals surface area (Å²) < 4.78 is 6.54. The smallest absolute Gasteiger partial charge is 0.325 e. The van der Waals surface area contributed by atoms with Gasteiger partial charge in [-0.25, -0.2) is 4.79 Å². The number of carbonyl (C=O) groups is 3. The minimum atomic E-state index is -1.18. The SMILES string of the molecule is Cc1cc(NC(=O)CN2C(=O)N[C@]3(CCOc4ccccc43)C2=O)ccc1Br. The van der Waals surface area contributed by atoms with E-state index < -0.39 is 23.4 Å². The van der Waals surface area contributed by atoms with E-state index in [-0.39, 0.29) is 6.54 Å². The number of urea groups is 1. The fourth-order valence-corrected chi connectivity index (χ4v) is 3.83. The average molecular weight is 444 g/mol. The van der Waals surface area contributed by atoms with Crippen LogP contribution in [-0.2, 0) is 15.1 Å². The number of benzene rings is 2. The number of halogens is 1. The number of nitrogens with one attached hydrogen (secondary N) is 2. The third kappa shape index (κ3) is 3.03. The molecule has 1 spiro atoms. The van der Waals surface area contributed by atoms with E-state index in [0.717, 1.165) is 14.9 Å². The highest BCUT2D eigenvalue weighted by atomic mass is 79.9. The summed E-state index contributed by atoms with van der Waals surface area (Å²) in [6.45, 7) is 1.86. The number of imide groups is 1. The van der Waals surface area contributed by atoms with E-state index in [1.54, 1.807) is 24.3 Å². The molecule has 0 aromatic heterocycles. The van der Waals surface area contributed by atoms with Crippen molar-refractivity contribution in [1.82, 2.24) is 10.2 Å². The highest BCUT2D eigenvalue weighted by Crippen LogP contribution is 2.40. The number of amides is 4. The minimum absolute atomic E-state index is 0.307. The molecule has 2 N–H and O–H groups in total. The van der Waals surface area contributed by atoms with Crippen molar-refractivity contribution in [3.8, 4) is 5.75 Å². The molecule has 0 unspecified atom stereocenters. The molecule has 0 aliphatic carbocycles. The zero-order valence-corrected chi connectivity index (χ0v) is 16.7. The summed E-state index contributed by atoms with van der Waals surface area (Å²) in [7, 11) is 0. The second kappa shape index (κ2) is 6.94. The van der Waals surface area contributed by atoms with Gasteiger partial charge in [-0.3, -0.25) is 14.5 Å². The van der Waals surface area contributed by atoms with Crippen LogP contribution in [0.2, 0.25) is 0 Å². The van der Waals surface area contributed by atoms with E-state index in [2.05, 4.69) is 26.6 Å². The van der Waals surface area contributed by atoms with Gasteiger partial charge < -0.3 is 15.4 Å². The summed E-state index contributed by atoms with van der Waals surface area (Å²) in [4.78, 5) is 39.1. The quantitative estimate of drug-likeness (QED) is 0.713. The molecule has 0 bridgehead atoms. The molecule has 2 aliphatic rings. The van der Waals surface area contributed by atoms with Crippen molar-refractivity contribution in [2.24, 2.45) is 0 Å². The molecule has 144 valence electrons. The van der Waals surface area contributed by atoms with Crippen molar-refractivity contribution in [1.29, 1.82) is 0 Å². The molecule has 4 amide bonds. The lowest BCUT2D eigenvalue weighted by Crippen LogP contribution is -2.48. The first kappa shape index (κ1) is 18.5. The molecule has 2 aromatic carbocycles. The molecule has 2 aromatic rings. The van der Waals surface area contributed by atoms with Crippen molar-refractivity contribution in [2.45, 2.75) is 18.9 Å². The molecule has 2 aliphatic heterocycles.